The number of rotatable bonds is 5. The molecule has 1 amide bonds. The maximum absolute atomic E-state index is 11.2. The van der Waals surface area contributed by atoms with E-state index in [4.69, 9.17) is 9.84 Å². The van der Waals surface area contributed by atoms with Gasteiger partial charge in [0.1, 0.15) is 6.61 Å². The van der Waals surface area contributed by atoms with Gasteiger partial charge in [-0.25, -0.2) is 9.59 Å². The van der Waals surface area contributed by atoms with Crippen molar-refractivity contribution in [3.63, 3.8) is 0 Å². The second-order valence-electron chi connectivity index (χ2n) is 3.94. The van der Waals surface area contributed by atoms with Gasteiger partial charge < -0.3 is 14.7 Å². The minimum atomic E-state index is -0.981. The first-order valence-electron chi connectivity index (χ1n) is 5.84. The molecule has 19 heavy (non-hydrogen) atoms. The van der Waals surface area contributed by atoms with E-state index in [1.165, 1.54) is 0 Å². The largest absolute Gasteiger partial charge is 0.478 e. The lowest BCUT2D eigenvalue weighted by atomic mass is 10.4. The van der Waals surface area contributed by atoms with Crippen LogP contribution in [0.5, 0.6) is 0 Å². The molecule has 0 aromatic heterocycles. The number of esters is 1. The van der Waals surface area contributed by atoms with Gasteiger partial charge in [0.15, 0.2) is 0 Å². The van der Waals surface area contributed by atoms with Gasteiger partial charge in [-0.3, -0.25) is 4.79 Å². The van der Waals surface area contributed by atoms with Gasteiger partial charge in [0.2, 0.25) is 5.91 Å². The highest BCUT2D eigenvalue weighted by Crippen LogP contribution is 2.08. The van der Waals surface area contributed by atoms with E-state index < -0.39 is 11.9 Å². The van der Waals surface area contributed by atoms with Crippen LogP contribution in [0.1, 0.15) is 19.8 Å². The van der Waals surface area contributed by atoms with Crippen LogP contribution in [0.2, 0.25) is 0 Å². The molecule has 0 radical (unpaired) electrons. The number of hydrogen-bond donors (Lipinski definition) is 1. The van der Waals surface area contributed by atoms with Crippen LogP contribution in [0, 0.1) is 0 Å². The van der Waals surface area contributed by atoms with E-state index in [1.807, 2.05) is 0 Å². The summed E-state index contributed by atoms with van der Waals surface area (Å²) in [7, 11) is 0. The number of ether oxygens (including phenoxy) is 1. The van der Waals surface area contributed by atoms with Crippen LogP contribution < -0.4 is 0 Å². The van der Waals surface area contributed by atoms with E-state index in [0.29, 0.717) is 18.5 Å². The van der Waals surface area contributed by atoms with Crippen molar-refractivity contribution in [2.24, 2.45) is 0 Å². The smallest absolute Gasteiger partial charge is 0.333 e. The maximum atomic E-state index is 11.2. The fraction of sp³-hybridized carbons (Fsp3) is 0.462. The quantitative estimate of drug-likeness (QED) is 0.594. The molecular weight excluding hydrogens is 250 g/mol. The molecule has 1 saturated heterocycles. The lowest BCUT2D eigenvalue weighted by Crippen LogP contribution is -2.29. The molecule has 1 heterocycles. The summed E-state index contributed by atoms with van der Waals surface area (Å²) >= 11 is 0. The fourth-order valence-electron chi connectivity index (χ4n) is 1.31. The van der Waals surface area contributed by atoms with Gasteiger partial charge in [-0.1, -0.05) is 13.2 Å². The number of carbonyl (C=O) groups is 3. The average Bonchev–Trinajstić information content (AvgIpc) is 2.75. The van der Waals surface area contributed by atoms with Crippen LogP contribution in [-0.2, 0) is 19.1 Å². The summed E-state index contributed by atoms with van der Waals surface area (Å²) in [6.45, 7) is 9.57. The Hall–Kier alpha value is -2.11. The van der Waals surface area contributed by atoms with Gasteiger partial charge in [-0.2, -0.15) is 0 Å². The number of carboxylic acid groups (broad SMARTS) is 1. The SMILES string of the molecule is C=C(C)C(=O)OCCN1CCCC1=O.C=CC(=O)O. The van der Waals surface area contributed by atoms with Gasteiger partial charge in [-0.15, -0.1) is 0 Å². The Labute approximate surface area is 112 Å². The standard InChI is InChI=1S/C10H15NO3.C3H4O2/c1-8(2)10(13)14-7-6-11-5-3-4-9(11)12;1-2-3(4)5/h1,3-7H2,2H3;2H,1H2,(H,4,5). The summed E-state index contributed by atoms with van der Waals surface area (Å²) in [5.74, 6) is -1.22. The molecule has 1 rings (SSSR count). The van der Waals surface area contributed by atoms with Crippen LogP contribution in [0.4, 0.5) is 0 Å². The Kier molecular flexibility index (Phi) is 7.92. The van der Waals surface area contributed by atoms with Crippen molar-refractivity contribution in [3.8, 4) is 0 Å². The number of hydrogen-bond acceptors (Lipinski definition) is 4. The Morgan fingerprint density at radius 2 is 2.11 bits per heavy atom. The van der Waals surface area contributed by atoms with Crippen molar-refractivity contribution < 1.29 is 24.2 Å². The number of likely N-dealkylation sites (tertiary alicyclic amines) is 1. The van der Waals surface area contributed by atoms with Crippen molar-refractivity contribution in [2.45, 2.75) is 19.8 Å². The number of aliphatic carboxylic acids is 1. The van der Waals surface area contributed by atoms with E-state index >= 15 is 0 Å². The third-order valence-electron chi connectivity index (χ3n) is 2.29. The highest BCUT2D eigenvalue weighted by atomic mass is 16.5. The van der Waals surface area contributed by atoms with Crippen molar-refractivity contribution in [3.05, 3.63) is 24.8 Å². The molecule has 1 aliphatic rings. The Balaban J connectivity index is 0.000000555. The Bertz CT molecular complexity index is 375. The zero-order chi connectivity index (χ0) is 14.8. The van der Waals surface area contributed by atoms with Crippen LogP contribution in [-0.4, -0.2) is 47.5 Å². The normalized spacial score (nSPS) is 13.3. The molecular formula is C13H19NO5. The predicted molar refractivity (Wildman–Crippen MR) is 69.4 cm³/mol. The topological polar surface area (TPSA) is 83.9 Å². The first-order valence-corrected chi connectivity index (χ1v) is 5.84. The number of amides is 1. The summed E-state index contributed by atoms with van der Waals surface area (Å²) in [4.78, 5) is 33.1. The van der Waals surface area contributed by atoms with Gasteiger partial charge in [0.25, 0.3) is 0 Å². The molecule has 1 aliphatic heterocycles. The maximum Gasteiger partial charge on any atom is 0.333 e. The van der Waals surface area contributed by atoms with Crippen LogP contribution >= 0.6 is 0 Å². The molecule has 106 valence electrons. The van der Waals surface area contributed by atoms with E-state index in [9.17, 15) is 14.4 Å². The molecule has 0 atom stereocenters. The molecule has 1 fully saturated rings. The number of carboxylic acids is 1. The average molecular weight is 269 g/mol. The van der Waals surface area contributed by atoms with Crippen LogP contribution in [0.3, 0.4) is 0 Å². The molecule has 0 saturated carbocycles. The minimum Gasteiger partial charge on any atom is -0.478 e. The molecule has 0 spiro atoms. The molecule has 0 aromatic carbocycles. The Morgan fingerprint density at radius 1 is 1.53 bits per heavy atom. The molecule has 0 aliphatic carbocycles. The number of carbonyl (C=O) groups excluding carboxylic acids is 2. The first-order chi connectivity index (χ1) is 8.88. The zero-order valence-corrected chi connectivity index (χ0v) is 11.1. The second kappa shape index (κ2) is 8.91. The third-order valence-corrected chi connectivity index (χ3v) is 2.29. The van der Waals surface area contributed by atoms with E-state index in [-0.39, 0.29) is 12.5 Å². The van der Waals surface area contributed by atoms with Gasteiger partial charge in [-0.05, 0) is 13.3 Å². The lowest BCUT2D eigenvalue weighted by molar-refractivity contribution is -0.141. The minimum absolute atomic E-state index is 0.149. The van der Waals surface area contributed by atoms with Crippen LogP contribution in [0.25, 0.3) is 0 Å². The lowest BCUT2D eigenvalue weighted by Gasteiger charge is -2.14. The first kappa shape index (κ1) is 16.9. The zero-order valence-electron chi connectivity index (χ0n) is 11.1. The van der Waals surface area contributed by atoms with Gasteiger partial charge >= 0.3 is 11.9 Å². The monoisotopic (exact) mass is 269 g/mol. The highest BCUT2D eigenvalue weighted by molar-refractivity contribution is 5.87. The molecule has 0 unspecified atom stereocenters. The summed E-state index contributed by atoms with van der Waals surface area (Å²) < 4.78 is 4.88. The number of nitrogens with zero attached hydrogens (tertiary/aromatic N) is 1. The highest BCUT2D eigenvalue weighted by Gasteiger charge is 2.19. The predicted octanol–water partition coefficient (Wildman–Crippen LogP) is 0.985. The van der Waals surface area contributed by atoms with E-state index in [0.717, 1.165) is 19.0 Å². The van der Waals surface area contributed by atoms with E-state index in [2.05, 4.69) is 13.2 Å². The summed E-state index contributed by atoms with van der Waals surface area (Å²) in [5.41, 5.74) is 0.387. The van der Waals surface area contributed by atoms with Gasteiger partial charge in [0, 0.05) is 24.6 Å². The molecule has 0 bridgehead atoms. The van der Waals surface area contributed by atoms with Crippen molar-refractivity contribution >= 4 is 17.8 Å². The van der Waals surface area contributed by atoms with E-state index in [1.54, 1.807) is 11.8 Å². The van der Waals surface area contributed by atoms with Crippen molar-refractivity contribution in [1.29, 1.82) is 0 Å². The second-order valence-corrected chi connectivity index (χ2v) is 3.94. The Morgan fingerprint density at radius 3 is 2.47 bits per heavy atom. The molecule has 6 heteroatoms. The fourth-order valence-corrected chi connectivity index (χ4v) is 1.31. The third kappa shape index (κ3) is 7.75. The van der Waals surface area contributed by atoms with Crippen molar-refractivity contribution in [1.82, 2.24) is 4.90 Å². The summed E-state index contributed by atoms with van der Waals surface area (Å²) in [5, 5.41) is 7.60. The molecule has 6 nitrogen and oxygen atoms in total. The summed E-state index contributed by atoms with van der Waals surface area (Å²) in [6.07, 6.45) is 2.36. The summed E-state index contributed by atoms with van der Waals surface area (Å²) in [6, 6.07) is 0. The van der Waals surface area contributed by atoms with Crippen LogP contribution in [0.15, 0.2) is 24.8 Å². The van der Waals surface area contributed by atoms with Gasteiger partial charge in [0.05, 0.1) is 6.54 Å². The van der Waals surface area contributed by atoms with Crippen molar-refractivity contribution in [2.75, 3.05) is 19.7 Å². The molecule has 0 aromatic rings. The molecule has 1 N–H and O–H groups in total.